The van der Waals surface area contributed by atoms with E-state index in [0.717, 1.165) is 35.1 Å². The van der Waals surface area contributed by atoms with E-state index in [1.807, 2.05) is 74.5 Å². The van der Waals surface area contributed by atoms with Crippen LogP contribution in [0.2, 0.25) is 0 Å². The first kappa shape index (κ1) is 20.7. The van der Waals surface area contributed by atoms with Crippen molar-refractivity contribution in [1.82, 2.24) is 0 Å². The molecular formula is C25H28O2. The van der Waals surface area contributed by atoms with Gasteiger partial charge in [-0.05, 0) is 37.8 Å². The molecule has 0 radical (unpaired) electrons. The highest BCUT2D eigenvalue weighted by atomic mass is 16.3. The van der Waals surface area contributed by atoms with Crippen LogP contribution in [0.3, 0.4) is 0 Å². The quantitative estimate of drug-likeness (QED) is 0.397. The van der Waals surface area contributed by atoms with Crippen molar-refractivity contribution in [2.24, 2.45) is 0 Å². The van der Waals surface area contributed by atoms with Crippen molar-refractivity contribution in [3.63, 3.8) is 0 Å². The molecule has 0 aromatic heterocycles. The smallest absolute Gasteiger partial charge is 0.111 e. The molecule has 0 aliphatic heterocycles. The first-order chi connectivity index (χ1) is 13.0. The van der Waals surface area contributed by atoms with Crippen molar-refractivity contribution in [3.05, 3.63) is 95.1 Å². The van der Waals surface area contributed by atoms with E-state index >= 15 is 0 Å². The van der Waals surface area contributed by atoms with Crippen molar-refractivity contribution >= 4 is 0 Å². The normalized spacial score (nSPS) is 13.4. The average molecular weight is 360 g/mol. The summed E-state index contributed by atoms with van der Waals surface area (Å²) in [5.74, 6) is 6.10. The van der Waals surface area contributed by atoms with Crippen LogP contribution in [0.1, 0.15) is 53.7 Å². The summed E-state index contributed by atoms with van der Waals surface area (Å²) in [6, 6.07) is 15.6. The van der Waals surface area contributed by atoms with E-state index in [0.29, 0.717) is 12.0 Å². The van der Waals surface area contributed by atoms with Gasteiger partial charge in [0, 0.05) is 12.0 Å². The van der Waals surface area contributed by atoms with Gasteiger partial charge >= 0.3 is 0 Å². The molecule has 0 spiro atoms. The summed E-state index contributed by atoms with van der Waals surface area (Å²) in [4.78, 5) is 0. The number of hydrogen-bond donors (Lipinski definition) is 2. The fourth-order valence-electron chi connectivity index (χ4n) is 2.67. The Labute approximate surface area is 162 Å². The topological polar surface area (TPSA) is 40.5 Å². The Morgan fingerprint density at radius 2 is 1.48 bits per heavy atom. The van der Waals surface area contributed by atoms with Crippen molar-refractivity contribution in [3.8, 4) is 11.8 Å². The van der Waals surface area contributed by atoms with Crippen molar-refractivity contribution in [2.75, 3.05) is 0 Å². The maximum absolute atomic E-state index is 10.7. The van der Waals surface area contributed by atoms with Gasteiger partial charge in [-0.15, -0.1) is 6.58 Å². The number of aliphatic hydroxyl groups is 2. The second-order valence-corrected chi connectivity index (χ2v) is 6.77. The molecule has 27 heavy (non-hydrogen) atoms. The van der Waals surface area contributed by atoms with Crippen LogP contribution in [0.25, 0.3) is 0 Å². The highest BCUT2D eigenvalue weighted by molar-refractivity contribution is 5.39. The number of allylic oxidation sites excluding steroid dienone is 2. The Morgan fingerprint density at radius 3 is 2.04 bits per heavy atom. The summed E-state index contributed by atoms with van der Waals surface area (Å²) >= 11 is 0. The standard InChI is InChI=1S/C25H28O2/c1-4-5-6-8-22(25(27)23-17-13-20(3)14-18-23)9-7-10-24(26)21-15-11-19(2)12-16-21/h4,8,11-18,24-27H,1,5-6,10H2,2-3H3/b22-8+. The van der Waals surface area contributed by atoms with Crippen LogP contribution in [0.4, 0.5) is 0 Å². The first-order valence-corrected chi connectivity index (χ1v) is 9.30. The van der Waals surface area contributed by atoms with Gasteiger partial charge in [-0.25, -0.2) is 0 Å². The van der Waals surface area contributed by atoms with Crippen molar-refractivity contribution < 1.29 is 10.2 Å². The second-order valence-electron chi connectivity index (χ2n) is 6.77. The van der Waals surface area contributed by atoms with Crippen LogP contribution in [0.15, 0.2) is 72.8 Å². The molecule has 2 atom stereocenters. The highest BCUT2D eigenvalue weighted by Gasteiger charge is 2.12. The number of benzene rings is 2. The van der Waals surface area contributed by atoms with Gasteiger partial charge in [0.1, 0.15) is 6.10 Å². The molecule has 2 aromatic carbocycles. The summed E-state index contributed by atoms with van der Waals surface area (Å²) in [5.41, 5.74) is 4.64. The Balaban J connectivity index is 2.13. The summed E-state index contributed by atoms with van der Waals surface area (Å²) in [7, 11) is 0. The van der Waals surface area contributed by atoms with Crippen LogP contribution in [-0.2, 0) is 0 Å². The van der Waals surface area contributed by atoms with Gasteiger partial charge in [0.25, 0.3) is 0 Å². The highest BCUT2D eigenvalue weighted by Crippen LogP contribution is 2.23. The molecule has 140 valence electrons. The summed E-state index contributed by atoms with van der Waals surface area (Å²) < 4.78 is 0. The molecule has 2 aromatic rings. The molecule has 2 rings (SSSR count). The molecule has 0 fully saturated rings. The van der Waals surface area contributed by atoms with E-state index in [9.17, 15) is 10.2 Å². The van der Waals surface area contributed by atoms with E-state index < -0.39 is 12.2 Å². The number of aryl methyl sites for hydroxylation is 2. The molecule has 0 saturated carbocycles. The number of rotatable bonds is 7. The SMILES string of the molecule is C=CCC/C=C(\C#CCC(O)c1ccc(C)cc1)C(O)c1ccc(C)cc1. The zero-order valence-electron chi connectivity index (χ0n) is 16.2. The molecular weight excluding hydrogens is 332 g/mol. The number of hydrogen-bond acceptors (Lipinski definition) is 2. The van der Waals surface area contributed by atoms with E-state index in [1.54, 1.807) is 0 Å². The Bertz CT molecular complexity index is 817. The van der Waals surface area contributed by atoms with Crippen LogP contribution >= 0.6 is 0 Å². The average Bonchev–Trinajstić information content (AvgIpc) is 2.67. The van der Waals surface area contributed by atoms with Gasteiger partial charge in [-0.1, -0.05) is 83.7 Å². The summed E-state index contributed by atoms with van der Waals surface area (Å²) in [5, 5.41) is 21.1. The van der Waals surface area contributed by atoms with Gasteiger partial charge in [-0.2, -0.15) is 0 Å². The van der Waals surface area contributed by atoms with Crippen molar-refractivity contribution in [1.29, 1.82) is 0 Å². The van der Waals surface area contributed by atoms with Gasteiger partial charge in [0.2, 0.25) is 0 Å². The van der Waals surface area contributed by atoms with E-state index in [1.165, 1.54) is 0 Å². The first-order valence-electron chi connectivity index (χ1n) is 9.30. The van der Waals surface area contributed by atoms with E-state index in [2.05, 4.69) is 18.4 Å². The molecule has 0 saturated heterocycles. The monoisotopic (exact) mass is 360 g/mol. The number of unbranched alkanes of at least 4 members (excludes halogenated alkanes) is 1. The summed E-state index contributed by atoms with van der Waals surface area (Å²) in [6.07, 6.45) is 4.33. The lowest BCUT2D eigenvalue weighted by Gasteiger charge is -2.12. The lowest BCUT2D eigenvalue weighted by Crippen LogP contribution is -2.01. The summed E-state index contributed by atoms with van der Waals surface area (Å²) in [6.45, 7) is 7.77. The molecule has 2 N–H and O–H groups in total. The zero-order valence-corrected chi connectivity index (χ0v) is 16.2. The Kier molecular flexibility index (Phi) is 8.07. The fraction of sp³-hybridized carbons (Fsp3) is 0.280. The third-order valence-corrected chi connectivity index (χ3v) is 4.41. The zero-order chi connectivity index (χ0) is 19.6. The largest absolute Gasteiger partial charge is 0.387 e. The molecule has 0 amide bonds. The second kappa shape index (κ2) is 10.5. The Hall–Kier alpha value is -2.60. The maximum atomic E-state index is 10.7. The third-order valence-electron chi connectivity index (χ3n) is 4.41. The molecule has 2 nitrogen and oxygen atoms in total. The minimum absolute atomic E-state index is 0.322. The maximum Gasteiger partial charge on any atom is 0.111 e. The third kappa shape index (κ3) is 6.57. The van der Waals surface area contributed by atoms with Crippen LogP contribution in [-0.4, -0.2) is 10.2 Å². The lowest BCUT2D eigenvalue weighted by molar-refractivity contribution is 0.184. The van der Waals surface area contributed by atoms with E-state index in [-0.39, 0.29) is 0 Å². The van der Waals surface area contributed by atoms with Gasteiger partial charge < -0.3 is 10.2 Å². The van der Waals surface area contributed by atoms with Crippen LogP contribution < -0.4 is 0 Å². The molecule has 0 heterocycles. The molecule has 0 bridgehead atoms. The Morgan fingerprint density at radius 1 is 0.926 bits per heavy atom. The molecule has 2 unspecified atom stereocenters. The van der Waals surface area contributed by atoms with Gasteiger partial charge in [-0.3, -0.25) is 0 Å². The van der Waals surface area contributed by atoms with Crippen LogP contribution in [0.5, 0.6) is 0 Å². The number of aliphatic hydroxyl groups excluding tert-OH is 2. The predicted molar refractivity (Wildman–Crippen MR) is 112 cm³/mol. The fourth-order valence-corrected chi connectivity index (χ4v) is 2.67. The van der Waals surface area contributed by atoms with Gasteiger partial charge in [0.05, 0.1) is 6.10 Å². The van der Waals surface area contributed by atoms with Crippen LogP contribution in [0, 0.1) is 25.7 Å². The molecule has 0 aliphatic carbocycles. The predicted octanol–water partition coefficient (Wildman–Crippen LogP) is 5.36. The minimum Gasteiger partial charge on any atom is -0.387 e. The van der Waals surface area contributed by atoms with E-state index in [4.69, 9.17) is 0 Å². The molecule has 0 aliphatic rings. The van der Waals surface area contributed by atoms with Gasteiger partial charge in [0.15, 0.2) is 0 Å². The van der Waals surface area contributed by atoms with Crippen molar-refractivity contribution in [2.45, 2.75) is 45.3 Å². The lowest BCUT2D eigenvalue weighted by atomic mass is 9.99. The molecule has 2 heteroatoms. The minimum atomic E-state index is -0.764.